The van der Waals surface area contributed by atoms with Crippen molar-refractivity contribution in [2.24, 2.45) is 5.92 Å². The van der Waals surface area contributed by atoms with E-state index in [0.717, 1.165) is 38.2 Å². The molecule has 0 radical (unpaired) electrons. The van der Waals surface area contributed by atoms with Gasteiger partial charge in [0.15, 0.2) is 9.84 Å². The Balaban J connectivity index is 1.66. The van der Waals surface area contributed by atoms with Crippen molar-refractivity contribution in [1.29, 1.82) is 0 Å². The second-order valence-electron chi connectivity index (χ2n) is 6.56. The van der Waals surface area contributed by atoms with E-state index in [9.17, 15) is 13.2 Å². The average molecular weight is 353 g/mol. The van der Waals surface area contributed by atoms with E-state index in [-0.39, 0.29) is 10.9 Å². The maximum Gasteiger partial charge on any atom is 0.319 e. The highest BCUT2D eigenvalue weighted by Gasteiger charge is 2.14. The summed E-state index contributed by atoms with van der Waals surface area (Å²) in [6.45, 7) is 6.24. The molecule has 0 bridgehead atoms. The molecule has 2 rings (SSSR count). The Labute approximate surface area is 144 Å². The molecular formula is C17H27N3O3S. The SMILES string of the molecule is CC1CCN(CCCNC(=O)Nc2ccc(S(C)(=O)=O)cc2)CC1. The van der Waals surface area contributed by atoms with Crippen molar-refractivity contribution in [2.45, 2.75) is 31.1 Å². The lowest BCUT2D eigenvalue weighted by Gasteiger charge is -2.30. The summed E-state index contributed by atoms with van der Waals surface area (Å²) in [6.07, 6.45) is 4.61. The van der Waals surface area contributed by atoms with E-state index in [0.29, 0.717) is 12.2 Å². The van der Waals surface area contributed by atoms with Crippen LogP contribution in [0.4, 0.5) is 10.5 Å². The number of carbonyl (C=O) groups is 1. The second kappa shape index (κ2) is 8.48. The third-order valence-electron chi connectivity index (χ3n) is 4.35. The molecule has 0 aromatic heterocycles. The fraction of sp³-hybridized carbons (Fsp3) is 0.588. The number of likely N-dealkylation sites (tertiary alicyclic amines) is 1. The molecule has 1 fully saturated rings. The molecule has 1 heterocycles. The summed E-state index contributed by atoms with van der Waals surface area (Å²) in [5.74, 6) is 0.833. The smallest absolute Gasteiger partial charge is 0.319 e. The normalized spacial score (nSPS) is 16.8. The average Bonchev–Trinajstić information content (AvgIpc) is 2.53. The molecule has 0 spiro atoms. The second-order valence-corrected chi connectivity index (χ2v) is 8.57. The first-order valence-corrected chi connectivity index (χ1v) is 10.3. The summed E-state index contributed by atoms with van der Waals surface area (Å²) < 4.78 is 22.8. The molecule has 0 saturated carbocycles. The fourth-order valence-corrected chi connectivity index (χ4v) is 3.38. The summed E-state index contributed by atoms with van der Waals surface area (Å²) in [5, 5.41) is 5.54. The number of hydrogen-bond acceptors (Lipinski definition) is 4. The van der Waals surface area contributed by atoms with Crippen molar-refractivity contribution in [3.63, 3.8) is 0 Å². The van der Waals surface area contributed by atoms with Crippen LogP contribution in [0.25, 0.3) is 0 Å². The molecule has 7 heteroatoms. The van der Waals surface area contributed by atoms with Gasteiger partial charge in [-0.15, -0.1) is 0 Å². The van der Waals surface area contributed by atoms with Crippen molar-refractivity contribution >= 4 is 21.6 Å². The van der Waals surface area contributed by atoms with E-state index >= 15 is 0 Å². The molecule has 2 N–H and O–H groups in total. The molecule has 6 nitrogen and oxygen atoms in total. The molecule has 1 aliphatic heterocycles. The highest BCUT2D eigenvalue weighted by molar-refractivity contribution is 7.90. The third-order valence-corrected chi connectivity index (χ3v) is 5.48. The van der Waals surface area contributed by atoms with Gasteiger partial charge in [0.05, 0.1) is 4.90 Å². The maximum atomic E-state index is 11.8. The number of amides is 2. The number of benzene rings is 1. The van der Waals surface area contributed by atoms with E-state index < -0.39 is 9.84 Å². The van der Waals surface area contributed by atoms with Crippen molar-refractivity contribution in [1.82, 2.24) is 10.2 Å². The van der Waals surface area contributed by atoms with Crippen LogP contribution < -0.4 is 10.6 Å². The largest absolute Gasteiger partial charge is 0.338 e. The zero-order valence-electron chi connectivity index (χ0n) is 14.4. The van der Waals surface area contributed by atoms with Crippen LogP contribution in [0.5, 0.6) is 0 Å². The topological polar surface area (TPSA) is 78.5 Å². The van der Waals surface area contributed by atoms with Gasteiger partial charge in [-0.05, 0) is 69.1 Å². The highest BCUT2D eigenvalue weighted by Crippen LogP contribution is 2.16. The van der Waals surface area contributed by atoms with E-state index in [4.69, 9.17) is 0 Å². The van der Waals surface area contributed by atoms with Crippen molar-refractivity contribution in [2.75, 3.05) is 37.8 Å². The van der Waals surface area contributed by atoms with Crippen LogP contribution in [-0.4, -0.2) is 51.8 Å². The number of sulfone groups is 1. The molecule has 1 saturated heterocycles. The Kier molecular flexibility index (Phi) is 6.62. The minimum absolute atomic E-state index is 0.240. The number of urea groups is 1. The summed E-state index contributed by atoms with van der Waals surface area (Å²) in [4.78, 5) is 14.5. The quantitative estimate of drug-likeness (QED) is 0.770. The first-order valence-electron chi connectivity index (χ1n) is 8.42. The Morgan fingerprint density at radius 1 is 1.21 bits per heavy atom. The minimum Gasteiger partial charge on any atom is -0.338 e. The Bertz CT molecular complexity index is 636. The predicted octanol–water partition coefficient (Wildman–Crippen LogP) is 2.33. The first kappa shape index (κ1) is 18.7. The Morgan fingerprint density at radius 2 is 1.83 bits per heavy atom. The van der Waals surface area contributed by atoms with Crippen LogP contribution in [0.3, 0.4) is 0 Å². The van der Waals surface area contributed by atoms with Crippen molar-refractivity contribution in [3.8, 4) is 0 Å². The lowest BCUT2D eigenvalue weighted by molar-refractivity contribution is 0.190. The molecule has 134 valence electrons. The Morgan fingerprint density at radius 3 is 2.42 bits per heavy atom. The summed E-state index contributed by atoms with van der Waals surface area (Å²) >= 11 is 0. The van der Waals surface area contributed by atoms with E-state index in [1.807, 2.05) is 0 Å². The third kappa shape index (κ3) is 6.13. The molecule has 1 aromatic carbocycles. The van der Waals surface area contributed by atoms with Crippen molar-refractivity contribution in [3.05, 3.63) is 24.3 Å². The Hall–Kier alpha value is -1.60. The summed E-state index contributed by atoms with van der Waals surface area (Å²) in [7, 11) is -3.21. The van der Waals surface area contributed by atoms with Crippen LogP contribution in [0.1, 0.15) is 26.2 Å². The molecular weight excluding hydrogens is 326 g/mol. The molecule has 0 unspecified atom stereocenters. The number of nitrogens with one attached hydrogen (secondary N) is 2. The zero-order chi connectivity index (χ0) is 17.6. The molecule has 2 amide bonds. The van der Waals surface area contributed by atoms with Crippen LogP contribution in [0.15, 0.2) is 29.2 Å². The lowest BCUT2D eigenvalue weighted by atomic mass is 9.99. The van der Waals surface area contributed by atoms with Gasteiger partial charge in [-0.2, -0.15) is 0 Å². The van der Waals surface area contributed by atoms with Crippen LogP contribution >= 0.6 is 0 Å². The molecule has 0 atom stereocenters. The maximum absolute atomic E-state index is 11.8. The predicted molar refractivity (Wildman–Crippen MR) is 96.0 cm³/mol. The lowest BCUT2D eigenvalue weighted by Crippen LogP contribution is -2.36. The van der Waals surface area contributed by atoms with Gasteiger partial charge in [0.25, 0.3) is 0 Å². The number of carbonyl (C=O) groups excluding carboxylic acids is 1. The molecule has 0 aliphatic carbocycles. The van der Waals surface area contributed by atoms with E-state index in [1.165, 1.54) is 25.0 Å². The van der Waals surface area contributed by atoms with Gasteiger partial charge in [0, 0.05) is 18.5 Å². The number of rotatable bonds is 6. The van der Waals surface area contributed by atoms with Gasteiger partial charge in [0.2, 0.25) is 0 Å². The van der Waals surface area contributed by atoms with Gasteiger partial charge in [0.1, 0.15) is 0 Å². The van der Waals surface area contributed by atoms with E-state index in [2.05, 4.69) is 22.5 Å². The van der Waals surface area contributed by atoms with Gasteiger partial charge in [-0.3, -0.25) is 0 Å². The zero-order valence-corrected chi connectivity index (χ0v) is 15.2. The number of hydrogen-bond donors (Lipinski definition) is 2. The van der Waals surface area contributed by atoms with Crippen LogP contribution in [0.2, 0.25) is 0 Å². The summed E-state index contributed by atoms with van der Waals surface area (Å²) in [6, 6.07) is 5.88. The van der Waals surface area contributed by atoms with Gasteiger partial charge >= 0.3 is 6.03 Å². The number of piperidine rings is 1. The fourth-order valence-electron chi connectivity index (χ4n) is 2.75. The van der Waals surface area contributed by atoms with Crippen molar-refractivity contribution < 1.29 is 13.2 Å². The van der Waals surface area contributed by atoms with Crippen LogP contribution in [0, 0.1) is 5.92 Å². The first-order chi connectivity index (χ1) is 11.3. The number of anilines is 1. The van der Waals surface area contributed by atoms with Crippen LogP contribution in [-0.2, 0) is 9.84 Å². The summed E-state index contributed by atoms with van der Waals surface area (Å²) in [5.41, 5.74) is 0.574. The molecule has 1 aliphatic rings. The van der Waals surface area contributed by atoms with Gasteiger partial charge < -0.3 is 15.5 Å². The van der Waals surface area contributed by atoms with Gasteiger partial charge in [-0.25, -0.2) is 13.2 Å². The van der Waals surface area contributed by atoms with E-state index in [1.54, 1.807) is 12.1 Å². The molecule has 24 heavy (non-hydrogen) atoms. The monoisotopic (exact) mass is 353 g/mol. The van der Waals surface area contributed by atoms with Gasteiger partial charge in [-0.1, -0.05) is 6.92 Å². The highest BCUT2D eigenvalue weighted by atomic mass is 32.2. The molecule has 1 aromatic rings. The standard InChI is InChI=1S/C17H27N3O3S/c1-14-8-12-20(13-9-14)11-3-10-18-17(21)19-15-4-6-16(7-5-15)24(2,22)23/h4-7,14H,3,8-13H2,1-2H3,(H2,18,19,21). The number of nitrogens with zero attached hydrogens (tertiary/aromatic N) is 1. The minimum atomic E-state index is -3.21.